The summed E-state index contributed by atoms with van der Waals surface area (Å²) in [5, 5.41) is 11.3. The zero-order valence-electron chi connectivity index (χ0n) is 13.9. The molecule has 0 aliphatic rings. The number of carbonyl (C=O) groups is 1. The molecule has 0 saturated heterocycles. The molecule has 0 unspecified atom stereocenters. The van der Waals surface area contributed by atoms with Crippen molar-refractivity contribution in [2.24, 2.45) is 0 Å². The molecular formula is C18H14FN3O5. The third-order valence-corrected chi connectivity index (χ3v) is 3.60. The van der Waals surface area contributed by atoms with Gasteiger partial charge in [-0.05, 0) is 24.3 Å². The second kappa shape index (κ2) is 8.09. The Labute approximate surface area is 152 Å². The van der Waals surface area contributed by atoms with E-state index < -0.39 is 16.7 Å². The number of benzene rings is 2. The van der Waals surface area contributed by atoms with Gasteiger partial charge in [-0.1, -0.05) is 12.1 Å². The fourth-order valence-electron chi connectivity index (χ4n) is 2.35. The van der Waals surface area contributed by atoms with Crippen LogP contribution in [0, 0.1) is 15.9 Å². The molecule has 0 bridgehead atoms. The Hall–Kier alpha value is -3.75. The van der Waals surface area contributed by atoms with Crippen LogP contribution in [0.15, 0.2) is 61.2 Å². The SMILES string of the molecule is O=C(OCCOc1ccccc1F)c1ccc(-n2ccnc2)c([N+](=O)[O-])c1. The van der Waals surface area contributed by atoms with Gasteiger partial charge in [0.2, 0.25) is 0 Å². The van der Waals surface area contributed by atoms with Crippen LogP contribution in [0.4, 0.5) is 10.1 Å². The van der Waals surface area contributed by atoms with E-state index in [2.05, 4.69) is 4.98 Å². The van der Waals surface area contributed by atoms with Crippen molar-refractivity contribution in [3.05, 3.63) is 82.7 Å². The van der Waals surface area contributed by atoms with E-state index in [0.717, 1.165) is 6.07 Å². The van der Waals surface area contributed by atoms with Crippen LogP contribution in [0.5, 0.6) is 5.75 Å². The quantitative estimate of drug-likeness (QED) is 0.274. The number of esters is 1. The van der Waals surface area contributed by atoms with E-state index in [0.29, 0.717) is 0 Å². The summed E-state index contributed by atoms with van der Waals surface area (Å²) < 4.78 is 25.1. The molecule has 0 radical (unpaired) electrons. The number of halogens is 1. The van der Waals surface area contributed by atoms with E-state index >= 15 is 0 Å². The summed E-state index contributed by atoms with van der Waals surface area (Å²) in [6.07, 6.45) is 4.46. The molecule has 27 heavy (non-hydrogen) atoms. The van der Waals surface area contributed by atoms with Crippen molar-refractivity contribution in [3.63, 3.8) is 0 Å². The van der Waals surface area contributed by atoms with Gasteiger partial charge in [-0.3, -0.25) is 10.1 Å². The molecule has 1 heterocycles. The third kappa shape index (κ3) is 4.27. The molecule has 0 amide bonds. The van der Waals surface area contributed by atoms with E-state index in [9.17, 15) is 19.3 Å². The Balaban J connectivity index is 1.64. The van der Waals surface area contributed by atoms with E-state index in [1.54, 1.807) is 12.3 Å². The molecule has 0 atom stereocenters. The van der Waals surface area contributed by atoms with Gasteiger partial charge in [0.1, 0.15) is 18.9 Å². The predicted octanol–water partition coefficient (Wildman–Crippen LogP) is 3.16. The highest BCUT2D eigenvalue weighted by Crippen LogP contribution is 2.24. The first-order chi connectivity index (χ1) is 13.1. The molecule has 0 saturated carbocycles. The van der Waals surface area contributed by atoms with Gasteiger partial charge in [0, 0.05) is 18.5 Å². The third-order valence-electron chi connectivity index (χ3n) is 3.60. The number of imidazole rings is 1. The minimum Gasteiger partial charge on any atom is -0.487 e. The number of hydrogen-bond donors (Lipinski definition) is 0. The van der Waals surface area contributed by atoms with Crippen LogP contribution in [0.3, 0.4) is 0 Å². The molecule has 0 aliphatic carbocycles. The predicted molar refractivity (Wildman–Crippen MR) is 92.4 cm³/mol. The van der Waals surface area contributed by atoms with E-state index in [1.807, 2.05) is 0 Å². The first-order valence-corrected chi connectivity index (χ1v) is 7.87. The van der Waals surface area contributed by atoms with Crippen LogP contribution in [0.2, 0.25) is 0 Å². The van der Waals surface area contributed by atoms with Crippen molar-refractivity contribution in [1.29, 1.82) is 0 Å². The van der Waals surface area contributed by atoms with Crippen LogP contribution in [0.1, 0.15) is 10.4 Å². The van der Waals surface area contributed by atoms with Crippen LogP contribution >= 0.6 is 0 Å². The molecule has 1 aromatic heterocycles. The summed E-state index contributed by atoms with van der Waals surface area (Å²) in [7, 11) is 0. The topological polar surface area (TPSA) is 96.5 Å². The monoisotopic (exact) mass is 371 g/mol. The maximum Gasteiger partial charge on any atom is 0.338 e. The largest absolute Gasteiger partial charge is 0.487 e. The highest BCUT2D eigenvalue weighted by Gasteiger charge is 2.19. The summed E-state index contributed by atoms with van der Waals surface area (Å²) in [5.41, 5.74) is 0.0402. The Morgan fingerprint density at radius 3 is 2.74 bits per heavy atom. The Morgan fingerprint density at radius 2 is 2.04 bits per heavy atom. The van der Waals surface area contributed by atoms with E-state index in [1.165, 1.54) is 47.4 Å². The number of nitro benzene ring substituents is 1. The summed E-state index contributed by atoms with van der Waals surface area (Å²) in [4.78, 5) is 26.7. The van der Waals surface area contributed by atoms with E-state index in [4.69, 9.17) is 9.47 Å². The maximum absolute atomic E-state index is 13.4. The van der Waals surface area contributed by atoms with Gasteiger partial charge in [0.05, 0.1) is 16.8 Å². The number of ether oxygens (including phenoxy) is 2. The summed E-state index contributed by atoms with van der Waals surface area (Å²) in [6, 6.07) is 9.84. The lowest BCUT2D eigenvalue weighted by Crippen LogP contribution is -2.13. The lowest BCUT2D eigenvalue weighted by Gasteiger charge is -2.09. The van der Waals surface area contributed by atoms with Crippen molar-refractivity contribution in [2.75, 3.05) is 13.2 Å². The number of aromatic nitrogens is 2. The van der Waals surface area contributed by atoms with Gasteiger partial charge in [-0.2, -0.15) is 0 Å². The lowest BCUT2D eigenvalue weighted by molar-refractivity contribution is -0.384. The van der Waals surface area contributed by atoms with Crippen molar-refractivity contribution in [2.45, 2.75) is 0 Å². The first-order valence-electron chi connectivity index (χ1n) is 7.87. The number of nitro groups is 1. The highest BCUT2D eigenvalue weighted by molar-refractivity contribution is 5.90. The average Bonchev–Trinajstić information content (AvgIpc) is 3.20. The molecule has 3 aromatic rings. The zero-order chi connectivity index (χ0) is 19.2. The first kappa shape index (κ1) is 18.1. The molecule has 0 aliphatic heterocycles. The van der Waals surface area contributed by atoms with Gasteiger partial charge in [0.15, 0.2) is 11.6 Å². The molecule has 0 fully saturated rings. The second-order valence-corrected chi connectivity index (χ2v) is 5.35. The highest BCUT2D eigenvalue weighted by atomic mass is 19.1. The summed E-state index contributed by atoms with van der Waals surface area (Å²) >= 11 is 0. The summed E-state index contributed by atoms with van der Waals surface area (Å²) in [5.74, 6) is -1.21. The number of nitrogens with zero attached hydrogens (tertiary/aromatic N) is 3. The number of hydrogen-bond acceptors (Lipinski definition) is 6. The van der Waals surface area contributed by atoms with Gasteiger partial charge >= 0.3 is 5.97 Å². The zero-order valence-corrected chi connectivity index (χ0v) is 13.9. The van der Waals surface area contributed by atoms with Crippen molar-refractivity contribution < 1.29 is 23.6 Å². The second-order valence-electron chi connectivity index (χ2n) is 5.35. The van der Waals surface area contributed by atoms with Crippen molar-refractivity contribution >= 4 is 11.7 Å². The summed E-state index contributed by atoms with van der Waals surface area (Å²) in [6.45, 7) is -0.188. The number of carbonyl (C=O) groups excluding carboxylic acids is 1. The van der Waals surface area contributed by atoms with Crippen molar-refractivity contribution in [3.8, 4) is 11.4 Å². The van der Waals surface area contributed by atoms with Crippen LogP contribution < -0.4 is 4.74 Å². The molecule has 138 valence electrons. The fraction of sp³-hybridized carbons (Fsp3) is 0.111. The van der Waals surface area contributed by atoms with E-state index in [-0.39, 0.29) is 35.9 Å². The number of para-hydroxylation sites is 1. The normalized spacial score (nSPS) is 10.4. The van der Waals surface area contributed by atoms with Gasteiger partial charge in [-0.25, -0.2) is 14.2 Å². The van der Waals surface area contributed by atoms with Crippen molar-refractivity contribution in [1.82, 2.24) is 9.55 Å². The Bertz CT molecular complexity index is 959. The van der Waals surface area contributed by atoms with Gasteiger partial charge < -0.3 is 14.0 Å². The minimum absolute atomic E-state index is 0.0245. The Kier molecular flexibility index (Phi) is 5.41. The van der Waals surface area contributed by atoms with Crippen LogP contribution in [0.25, 0.3) is 5.69 Å². The Morgan fingerprint density at radius 1 is 1.22 bits per heavy atom. The molecule has 8 nitrogen and oxygen atoms in total. The smallest absolute Gasteiger partial charge is 0.338 e. The average molecular weight is 371 g/mol. The minimum atomic E-state index is -0.743. The molecule has 9 heteroatoms. The van der Waals surface area contributed by atoms with Crippen LogP contribution in [-0.2, 0) is 4.74 Å². The number of rotatable bonds is 7. The molecular weight excluding hydrogens is 357 g/mol. The fourth-order valence-corrected chi connectivity index (χ4v) is 2.35. The maximum atomic E-state index is 13.4. The molecule has 0 N–H and O–H groups in total. The molecule has 2 aromatic carbocycles. The standard InChI is InChI=1S/C18H14FN3O5/c19-14-3-1-2-4-17(14)26-9-10-27-18(23)13-5-6-15(16(11-13)22(24)25)21-8-7-20-12-21/h1-8,11-12H,9-10H2. The molecule has 0 spiro atoms. The molecule has 3 rings (SSSR count). The van der Waals surface area contributed by atoms with Crippen LogP contribution in [-0.4, -0.2) is 33.7 Å². The van der Waals surface area contributed by atoms with Gasteiger partial charge in [0.25, 0.3) is 5.69 Å². The lowest BCUT2D eigenvalue weighted by atomic mass is 10.1. The van der Waals surface area contributed by atoms with Gasteiger partial charge in [-0.15, -0.1) is 0 Å².